The molecule has 0 bridgehead atoms. The number of hydrogen-bond acceptors (Lipinski definition) is 16. The Labute approximate surface area is 393 Å². The molecule has 6 rings (SSSR count). The van der Waals surface area contributed by atoms with E-state index < -0.39 is 45.7 Å². The first-order chi connectivity index (χ1) is 33.0. The Morgan fingerprint density at radius 2 is 1.59 bits per heavy atom. The van der Waals surface area contributed by atoms with Crippen LogP contribution in [0, 0.1) is 38.0 Å². The molecule has 1 heterocycles. The maximum Gasteiger partial charge on any atom is 0.415 e. The molecule has 0 aromatic heterocycles. The van der Waals surface area contributed by atoms with E-state index in [1.807, 2.05) is 0 Å². The van der Waals surface area contributed by atoms with Crippen molar-refractivity contribution in [1.29, 1.82) is 0 Å². The fourth-order valence-corrected chi connectivity index (χ4v) is 9.40. The molecule has 0 unspecified atom stereocenters. The number of nitro benzene ring substituents is 2. The molecule has 6 atom stereocenters. The van der Waals surface area contributed by atoms with Crippen LogP contribution in [0.2, 0.25) is 0 Å². The van der Waals surface area contributed by atoms with Crippen LogP contribution in [0.5, 0.6) is 17.2 Å². The van der Waals surface area contributed by atoms with Crippen LogP contribution < -0.4 is 19.5 Å². The van der Waals surface area contributed by atoms with Crippen LogP contribution in [0.4, 0.5) is 21.0 Å². The maximum absolute atomic E-state index is 14.8. The van der Waals surface area contributed by atoms with Crippen LogP contribution in [0.1, 0.15) is 68.9 Å². The van der Waals surface area contributed by atoms with E-state index in [1.54, 1.807) is 43.3 Å². The highest BCUT2D eigenvalue weighted by molar-refractivity contribution is 6.03. The van der Waals surface area contributed by atoms with Gasteiger partial charge in [0.25, 0.3) is 11.4 Å². The topological polar surface area (TPSA) is 264 Å². The van der Waals surface area contributed by atoms with E-state index >= 15 is 0 Å². The number of nitrogens with one attached hydrogen (secondary N) is 1. The lowest BCUT2D eigenvalue weighted by molar-refractivity contribution is -0.385. The lowest BCUT2D eigenvalue weighted by atomic mass is 9.55. The van der Waals surface area contributed by atoms with Crippen molar-refractivity contribution >= 4 is 29.3 Å². The molecule has 68 heavy (non-hydrogen) atoms. The predicted octanol–water partition coefficient (Wildman–Crippen LogP) is 6.96. The number of benzene rings is 3. The molecule has 0 spiro atoms. The van der Waals surface area contributed by atoms with Crippen molar-refractivity contribution in [2.75, 3.05) is 52.7 Å². The average Bonchev–Trinajstić information content (AvgIpc) is 3.32. The van der Waals surface area contributed by atoms with Crippen LogP contribution in [0.15, 0.2) is 96.2 Å². The number of ether oxygens (including phenoxy) is 5. The third-order valence-corrected chi connectivity index (χ3v) is 12.3. The van der Waals surface area contributed by atoms with Crippen LogP contribution in [-0.4, -0.2) is 113 Å². The molecule has 1 aliphatic heterocycles. The van der Waals surface area contributed by atoms with E-state index in [0.717, 1.165) is 0 Å². The van der Waals surface area contributed by atoms with Crippen LogP contribution >= 0.6 is 0 Å². The summed E-state index contributed by atoms with van der Waals surface area (Å²) >= 11 is 0. The molecule has 3 aromatic rings. The summed E-state index contributed by atoms with van der Waals surface area (Å²) in [6.07, 6.45) is 5.83. The Morgan fingerprint density at radius 3 is 2.24 bits per heavy atom. The van der Waals surface area contributed by atoms with Crippen molar-refractivity contribution in [2.24, 2.45) is 22.9 Å². The number of aliphatic hydroxyl groups is 3. The summed E-state index contributed by atoms with van der Waals surface area (Å²) < 4.78 is 31.6. The van der Waals surface area contributed by atoms with Gasteiger partial charge in [0.2, 0.25) is 5.79 Å². The molecule has 2 aliphatic carbocycles. The number of aliphatic hydroxyl groups excluding tert-OH is 3. The van der Waals surface area contributed by atoms with Crippen LogP contribution in [0.3, 0.4) is 0 Å². The zero-order valence-electron chi connectivity index (χ0n) is 37.9. The smallest absolute Gasteiger partial charge is 0.415 e. The van der Waals surface area contributed by atoms with Gasteiger partial charge in [0.1, 0.15) is 29.9 Å². The molecule has 1 saturated carbocycles. The summed E-state index contributed by atoms with van der Waals surface area (Å²) in [4.78, 5) is 56.9. The molecule has 2 amide bonds. The zero-order chi connectivity index (χ0) is 48.6. The number of fused-ring (bicyclic) bond motifs is 2. The molecule has 20 nitrogen and oxygen atoms in total. The molecule has 1 fully saturated rings. The van der Waals surface area contributed by atoms with Crippen molar-refractivity contribution < 1.29 is 63.3 Å². The van der Waals surface area contributed by atoms with Gasteiger partial charge in [0.15, 0.2) is 0 Å². The van der Waals surface area contributed by atoms with Crippen molar-refractivity contribution in [2.45, 2.75) is 76.2 Å². The molecule has 3 aliphatic rings. The number of rotatable bonds is 25. The van der Waals surface area contributed by atoms with Gasteiger partial charge in [-0.2, -0.15) is 0 Å². The van der Waals surface area contributed by atoms with E-state index in [9.17, 15) is 45.1 Å². The van der Waals surface area contributed by atoms with Gasteiger partial charge in [-0.1, -0.05) is 30.1 Å². The Morgan fingerprint density at radius 1 is 0.912 bits per heavy atom. The van der Waals surface area contributed by atoms with Crippen molar-refractivity contribution in [3.63, 3.8) is 0 Å². The summed E-state index contributed by atoms with van der Waals surface area (Å²) in [7, 11) is 0. The minimum absolute atomic E-state index is 0.00107. The maximum atomic E-state index is 14.8. The number of carbonyl (C=O) groups is 2. The van der Waals surface area contributed by atoms with E-state index in [1.165, 1.54) is 41.3 Å². The van der Waals surface area contributed by atoms with Crippen molar-refractivity contribution in [3.8, 4) is 17.2 Å². The summed E-state index contributed by atoms with van der Waals surface area (Å²) in [6, 6.07) is 14.9. The first-order valence-corrected chi connectivity index (χ1v) is 22.8. The normalized spacial score (nSPS) is 21.9. The standard InChI is InChI=1S/C48H59N5O15/c1-3-25-64-48-43(51(21-26-63-27-24-56)47(58)67-36-17-15-35(16-18-36)53(61)62)30-41(50-65-31-32-11-13-34(14-12-32)52(59)60)39-28-33(9-5-7-22-54)38(10-6-8-23-55)44(45(39)48)40-29-37(19-20-42(40)68-48)66-46(57)49-4-2/h3,11-20,28-29,33,38,43-45,54-56H,1,4-10,21-27,30-31H2,2H3,(H,49,57)/t33-,38+,43-,44+,45+,48+/m0/s1. The molecule has 0 radical (unpaired) electrons. The highest BCUT2D eigenvalue weighted by Crippen LogP contribution is 2.62. The number of carbonyl (C=O) groups excluding carboxylic acids is 2. The predicted molar refractivity (Wildman–Crippen MR) is 246 cm³/mol. The highest BCUT2D eigenvalue weighted by Gasteiger charge is 2.65. The van der Waals surface area contributed by atoms with Gasteiger partial charge in [-0.3, -0.25) is 25.1 Å². The number of amides is 2. The van der Waals surface area contributed by atoms with Crippen LogP contribution in [0.25, 0.3) is 0 Å². The fraction of sp³-hybridized carbons (Fsp3) is 0.479. The molecule has 3 aromatic carbocycles. The third-order valence-electron chi connectivity index (χ3n) is 12.3. The first kappa shape index (κ1) is 51.0. The summed E-state index contributed by atoms with van der Waals surface area (Å²) in [5, 5.41) is 59.7. The van der Waals surface area contributed by atoms with Gasteiger partial charge in [-0.25, -0.2) is 9.59 Å². The Hall–Kier alpha value is -6.45. The van der Waals surface area contributed by atoms with Gasteiger partial charge in [-0.15, -0.1) is 6.58 Å². The minimum atomic E-state index is -1.73. The number of allylic oxidation sites excluding steroid dienone is 1. The first-order valence-electron chi connectivity index (χ1n) is 22.8. The van der Waals surface area contributed by atoms with E-state index in [2.05, 4.69) is 18.0 Å². The van der Waals surface area contributed by atoms with Crippen molar-refractivity contribution in [3.05, 3.63) is 122 Å². The SMILES string of the molecule is C=CCO[C@@]12Oc3ccc(OC(=O)NCC)cc3[C@H]3[C@H](CCCCO)[C@@H](CCCCO)C=C(C(=NOCc4ccc([N+](=O)[O-])cc4)C[C@@H]1N(CCOCCO)C(=O)Oc1ccc([N+](=O)[O-])cc1)[C@H]32. The second-order valence-corrected chi connectivity index (χ2v) is 16.5. The Kier molecular flexibility index (Phi) is 18.4. The average molecular weight is 946 g/mol. The number of non-ortho nitro benzene ring substituents is 2. The number of nitro groups is 2. The quantitative estimate of drug-likeness (QED) is 0.0290. The lowest BCUT2D eigenvalue weighted by Gasteiger charge is -2.59. The van der Waals surface area contributed by atoms with Gasteiger partial charge in [0, 0.05) is 68.5 Å². The molecule has 20 heteroatoms. The Bertz CT molecular complexity index is 2270. The van der Waals surface area contributed by atoms with Crippen LogP contribution in [-0.2, 0) is 20.9 Å². The van der Waals surface area contributed by atoms with E-state index in [0.29, 0.717) is 73.2 Å². The second-order valence-electron chi connectivity index (χ2n) is 16.5. The number of hydrogen-bond donors (Lipinski definition) is 4. The lowest BCUT2D eigenvalue weighted by Crippen LogP contribution is -2.70. The third kappa shape index (κ3) is 12.2. The summed E-state index contributed by atoms with van der Waals surface area (Å²) in [6.45, 7) is 5.39. The van der Waals surface area contributed by atoms with Gasteiger partial charge < -0.3 is 49.2 Å². The zero-order valence-corrected chi connectivity index (χ0v) is 37.9. The van der Waals surface area contributed by atoms with Gasteiger partial charge in [0.05, 0.1) is 47.9 Å². The van der Waals surface area contributed by atoms with E-state index in [-0.39, 0.29) is 93.9 Å². The second kappa shape index (κ2) is 24.5. The van der Waals surface area contributed by atoms with Crippen molar-refractivity contribution in [1.82, 2.24) is 10.2 Å². The fourth-order valence-electron chi connectivity index (χ4n) is 9.40. The van der Waals surface area contributed by atoms with Gasteiger partial charge in [-0.05, 0) is 98.0 Å². The van der Waals surface area contributed by atoms with Gasteiger partial charge >= 0.3 is 12.2 Å². The number of oxime groups is 1. The molecule has 366 valence electrons. The van der Waals surface area contributed by atoms with E-state index in [4.69, 9.17) is 33.7 Å². The number of nitrogens with zero attached hydrogens (tertiary/aromatic N) is 4. The Balaban J connectivity index is 1.57. The largest absolute Gasteiger partial charge is 0.459 e. The number of unbranched alkanes of at least 4 members (excludes halogenated alkanes) is 2. The molecular formula is C48H59N5O15. The highest BCUT2D eigenvalue weighted by atomic mass is 16.7. The molecule has 0 saturated heterocycles. The monoisotopic (exact) mass is 945 g/mol. The molecule has 4 N–H and O–H groups in total. The summed E-state index contributed by atoms with van der Waals surface area (Å²) in [5.41, 5.74) is 2.12. The minimum Gasteiger partial charge on any atom is -0.459 e. The molecular weight excluding hydrogens is 887 g/mol. The summed E-state index contributed by atoms with van der Waals surface area (Å²) in [5.74, 6) is -2.62.